The van der Waals surface area contributed by atoms with Crippen molar-refractivity contribution < 1.29 is 19.0 Å². The van der Waals surface area contributed by atoms with Gasteiger partial charge in [-0.05, 0) is 30.7 Å². The van der Waals surface area contributed by atoms with E-state index in [1.165, 1.54) is 0 Å². The van der Waals surface area contributed by atoms with Crippen molar-refractivity contribution >= 4 is 11.6 Å². The van der Waals surface area contributed by atoms with Crippen molar-refractivity contribution in [3.63, 3.8) is 0 Å². The predicted octanol–water partition coefficient (Wildman–Crippen LogP) is 2.59. The zero-order valence-electron chi connectivity index (χ0n) is 15.8. The first-order valence-electron chi connectivity index (χ1n) is 9.33. The Morgan fingerprint density at radius 1 is 1.07 bits per heavy atom. The van der Waals surface area contributed by atoms with Crippen LogP contribution in [0.2, 0.25) is 0 Å². The minimum absolute atomic E-state index is 0.0119. The largest absolute Gasteiger partial charge is 0.454 e. The Hall–Kier alpha value is -2.90. The molecule has 0 aromatic heterocycles. The Morgan fingerprint density at radius 3 is 2.61 bits per heavy atom. The molecule has 0 spiro atoms. The maximum Gasteiger partial charge on any atom is 0.271 e. The molecule has 1 fully saturated rings. The van der Waals surface area contributed by atoms with Gasteiger partial charge in [0.1, 0.15) is 0 Å². The van der Waals surface area contributed by atoms with Crippen molar-refractivity contribution in [2.75, 3.05) is 33.1 Å². The van der Waals surface area contributed by atoms with E-state index in [2.05, 4.69) is 27.6 Å². The highest BCUT2D eigenvalue weighted by atomic mass is 16.7. The molecule has 2 heterocycles. The van der Waals surface area contributed by atoms with Gasteiger partial charge in [-0.2, -0.15) is 5.10 Å². The number of carbonyl (C=O) groups is 1. The molecule has 28 heavy (non-hydrogen) atoms. The summed E-state index contributed by atoms with van der Waals surface area (Å²) in [6.07, 6.45) is 0. The van der Waals surface area contributed by atoms with E-state index >= 15 is 0 Å². The molecule has 2 aliphatic heterocycles. The fourth-order valence-corrected chi connectivity index (χ4v) is 3.49. The van der Waals surface area contributed by atoms with E-state index in [0.717, 1.165) is 24.4 Å². The zero-order valence-corrected chi connectivity index (χ0v) is 15.8. The highest BCUT2D eigenvalue weighted by Gasteiger charge is 2.25. The van der Waals surface area contributed by atoms with Gasteiger partial charge in [-0.15, -0.1) is 0 Å². The third kappa shape index (κ3) is 4.00. The van der Waals surface area contributed by atoms with Crippen molar-refractivity contribution in [3.05, 3.63) is 59.7 Å². The Balaban J connectivity index is 1.51. The normalized spacial score (nSPS) is 18.0. The van der Waals surface area contributed by atoms with Crippen LogP contribution >= 0.6 is 0 Å². The number of hydrogen-bond acceptors (Lipinski definition) is 6. The number of fused-ring (bicyclic) bond motifs is 1. The lowest BCUT2D eigenvalue weighted by molar-refractivity contribution is 0.0285. The van der Waals surface area contributed by atoms with Gasteiger partial charge in [-0.25, -0.2) is 5.43 Å². The van der Waals surface area contributed by atoms with E-state index in [0.29, 0.717) is 30.3 Å². The van der Waals surface area contributed by atoms with Crippen LogP contribution in [0.5, 0.6) is 11.5 Å². The van der Waals surface area contributed by atoms with E-state index in [-0.39, 0.29) is 18.7 Å². The number of morpholine rings is 1. The molecular weight excluding hydrogens is 358 g/mol. The number of hydrazone groups is 1. The number of nitrogens with one attached hydrogen (secondary N) is 1. The molecule has 146 valence electrons. The van der Waals surface area contributed by atoms with Crippen LogP contribution in [0, 0.1) is 0 Å². The summed E-state index contributed by atoms with van der Waals surface area (Å²) < 4.78 is 16.1. The number of nitrogens with zero attached hydrogens (tertiary/aromatic N) is 2. The summed E-state index contributed by atoms with van der Waals surface area (Å²) in [6, 6.07) is 15.3. The van der Waals surface area contributed by atoms with Crippen molar-refractivity contribution in [2.45, 2.75) is 13.0 Å². The van der Waals surface area contributed by atoms with Crippen molar-refractivity contribution in [3.8, 4) is 11.5 Å². The van der Waals surface area contributed by atoms with Crippen LogP contribution in [-0.4, -0.2) is 49.6 Å². The second kappa shape index (κ2) is 8.41. The van der Waals surface area contributed by atoms with E-state index in [1.54, 1.807) is 18.2 Å². The molecule has 0 unspecified atom stereocenters. The van der Waals surface area contributed by atoms with Gasteiger partial charge < -0.3 is 14.2 Å². The average Bonchev–Trinajstić information content (AvgIpc) is 3.22. The molecule has 7 heteroatoms. The second-order valence-corrected chi connectivity index (χ2v) is 6.72. The maximum atomic E-state index is 12.5. The SMILES string of the molecule is C/C(=N/NC(=O)c1ccc2c(c1)OCO2)[C@@H](c1ccccc1)N1CCOCC1. The Morgan fingerprint density at radius 2 is 1.82 bits per heavy atom. The van der Waals surface area contributed by atoms with Gasteiger partial charge in [0.15, 0.2) is 11.5 Å². The quantitative estimate of drug-likeness (QED) is 0.637. The lowest BCUT2D eigenvalue weighted by atomic mass is 10.0. The summed E-state index contributed by atoms with van der Waals surface area (Å²) in [6.45, 7) is 5.15. The van der Waals surface area contributed by atoms with Gasteiger partial charge in [0.25, 0.3) is 5.91 Å². The molecule has 4 rings (SSSR count). The van der Waals surface area contributed by atoms with Crippen LogP contribution in [0.25, 0.3) is 0 Å². The first-order valence-corrected chi connectivity index (χ1v) is 9.33. The topological polar surface area (TPSA) is 72.4 Å². The van der Waals surface area contributed by atoms with Gasteiger partial charge in [0.2, 0.25) is 6.79 Å². The molecule has 1 N–H and O–H groups in total. The first-order chi connectivity index (χ1) is 13.7. The third-order valence-electron chi connectivity index (χ3n) is 4.89. The molecule has 0 aliphatic carbocycles. The highest BCUT2D eigenvalue weighted by Crippen LogP contribution is 2.32. The number of rotatable bonds is 5. The molecule has 2 aromatic rings. The van der Waals surface area contributed by atoms with Crippen molar-refractivity contribution in [1.82, 2.24) is 10.3 Å². The standard InChI is InChI=1S/C21H23N3O4/c1-15(20(16-5-3-2-4-6-16)24-9-11-26-12-10-24)22-23-21(25)17-7-8-18-19(13-17)28-14-27-18/h2-8,13,20H,9-12,14H2,1H3,(H,23,25)/b22-15-/t20-/m0/s1. The zero-order chi connectivity index (χ0) is 19.3. The summed E-state index contributed by atoms with van der Waals surface area (Å²) in [5.74, 6) is 0.933. The average molecular weight is 381 g/mol. The summed E-state index contributed by atoms with van der Waals surface area (Å²) in [4.78, 5) is 14.9. The van der Waals surface area contributed by atoms with Crippen molar-refractivity contribution in [2.24, 2.45) is 5.10 Å². The third-order valence-corrected chi connectivity index (χ3v) is 4.89. The summed E-state index contributed by atoms with van der Waals surface area (Å²) >= 11 is 0. The fraction of sp³-hybridized carbons (Fsp3) is 0.333. The van der Waals surface area contributed by atoms with Crippen LogP contribution in [0.1, 0.15) is 28.9 Å². The van der Waals surface area contributed by atoms with Gasteiger partial charge >= 0.3 is 0 Å². The highest BCUT2D eigenvalue weighted by molar-refractivity contribution is 5.96. The van der Waals surface area contributed by atoms with E-state index < -0.39 is 0 Å². The molecule has 0 bridgehead atoms. The first kappa shape index (κ1) is 18.5. The maximum absolute atomic E-state index is 12.5. The molecule has 1 saturated heterocycles. The molecule has 1 amide bonds. The molecular formula is C21H23N3O4. The second-order valence-electron chi connectivity index (χ2n) is 6.72. The lowest BCUT2D eigenvalue weighted by Gasteiger charge is -2.34. The molecule has 2 aromatic carbocycles. The van der Waals surface area contributed by atoms with E-state index in [1.807, 2.05) is 25.1 Å². The smallest absolute Gasteiger partial charge is 0.271 e. The van der Waals surface area contributed by atoms with Gasteiger partial charge in [-0.3, -0.25) is 9.69 Å². The molecule has 7 nitrogen and oxygen atoms in total. The van der Waals surface area contributed by atoms with Crippen LogP contribution in [-0.2, 0) is 4.74 Å². The summed E-state index contributed by atoms with van der Waals surface area (Å²) in [5, 5.41) is 4.41. The van der Waals surface area contributed by atoms with E-state index in [4.69, 9.17) is 14.2 Å². The fourth-order valence-electron chi connectivity index (χ4n) is 3.49. The minimum atomic E-state index is -0.286. The molecule has 1 atom stereocenters. The number of ether oxygens (including phenoxy) is 3. The van der Waals surface area contributed by atoms with Gasteiger partial charge in [-0.1, -0.05) is 30.3 Å². The summed E-state index contributed by atoms with van der Waals surface area (Å²) in [5.41, 5.74) is 5.11. The van der Waals surface area contributed by atoms with Crippen LogP contribution in [0.4, 0.5) is 0 Å². The Labute approximate surface area is 163 Å². The number of amides is 1. The lowest BCUT2D eigenvalue weighted by Crippen LogP contribution is -2.42. The molecule has 0 radical (unpaired) electrons. The number of benzene rings is 2. The van der Waals surface area contributed by atoms with Crippen LogP contribution in [0.15, 0.2) is 53.6 Å². The van der Waals surface area contributed by atoms with Gasteiger partial charge in [0.05, 0.1) is 25.0 Å². The molecule has 0 saturated carbocycles. The minimum Gasteiger partial charge on any atom is -0.454 e. The van der Waals surface area contributed by atoms with Gasteiger partial charge in [0, 0.05) is 18.7 Å². The Bertz CT molecular complexity index is 863. The number of hydrogen-bond donors (Lipinski definition) is 1. The van der Waals surface area contributed by atoms with Crippen LogP contribution < -0.4 is 14.9 Å². The van der Waals surface area contributed by atoms with Crippen molar-refractivity contribution in [1.29, 1.82) is 0 Å². The number of carbonyl (C=O) groups excluding carboxylic acids is 1. The van der Waals surface area contributed by atoms with Crippen LogP contribution in [0.3, 0.4) is 0 Å². The molecule has 2 aliphatic rings. The summed E-state index contributed by atoms with van der Waals surface area (Å²) in [7, 11) is 0. The Kier molecular flexibility index (Phi) is 5.55. The predicted molar refractivity (Wildman–Crippen MR) is 105 cm³/mol. The van der Waals surface area contributed by atoms with E-state index in [9.17, 15) is 4.79 Å². The monoisotopic (exact) mass is 381 g/mol.